The van der Waals surface area contributed by atoms with Gasteiger partial charge in [0.15, 0.2) is 5.16 Å². The van der Waals surface area contributed by atoms with Gasteiger partial charge in [0.25, 0.3) is 0 Å². The van der Waals surface area contributed by atoms with Crippen LogP contribution in [0, 0.1) is 0 Å². The topological polar surface area (TPSA) is 103 Å². The summed E-state index contributed by atoms with van der Waals surface area (Å²) < 4.78 is 1.79. The molecule has 0 aliphatic carbocycles. The zero-order valence-corrected chi connectivity index (χ0v) is 16.3. The van der Waals surface area contributed by atoms with Gasteiger partial charge in [-0.2, -0.15) is 0 Å². The lowest BCUT2D eigenvalue weighted by molar-refractivity contribution is -0.118. The molecule has 3 N–H and O–H groups in total. The molecule has 8 heteroatoms. The van der Waals surface area contributed by atoms with E-state index in [2.05, 4.69) is 29.4 Å². The van der Waals surface area contributed by atoms with Gasteiger partial charge in [-0.25, -0.2) is 0 Å². The van der Waals surface area contributed by atoms with Crippen molar-refractivity contribution in [3.05, 3.63) is 35.7 Å². The number of nitrogens with two attached hydrogens (primary N) is 1. The highest BCUT2D eigenvalue weighted by Crippen LogP contribution is 2.23. The number of rotatable bonds is 8. The first-order chi connectivity index (χ1) is 12.3. The van der Waals surface area contributed by atoms with Crippen LogP contribution in [0.3, 0.4) is 0 Å². The first-order valence-electron chi connectivity index (χ1n) is 8.52. The van der Waals surface area contributed by atoms with E-state index < -0.39 is 0 Å². The minimum atomic E-state index is -0.376. The molecular weight excluding hydrogens is 350 g/mol. The summed E-state index contributed by atoms with van der Waals surface area (Å²) in [5.74, 6) is 0.643. The molecule has 0 saturated carbocycles. The highest BCUT2D eigenvalue weighted by atomic mass is 32.2. The predicted octanol–water partition coefficient (Wildman–Crippen LogP) is 2.48. The summed E-state index contributed by atoms with van der Waals surface area (Å²) in [5.41, 5.74) is 7.16. The van der Waals surface area contributed by atoms with Crippen LogP contribution in [0.25, 0.3) is 0 Å². The molecule has 0 bridgehead atoms. The average molecular weight is 375 g/mol. The number of benzene rings is 1. The lowest BCUT2D eigenvalue weighted by atomic mass is 10.0. The predicted molar refractivity (Wildman–Crippen MR) is 103 cm³/mol. The quantitative estimate of drug-likeness (QED) is 0.690. The van der Waals surface area contributed by atoms with E-state index in [-0.39, 0.29) is 23.5 Å². The number of carbonyl (C=O) groups is 2. The maximum absolute atomic E-state index is 12.4. The van der Waals surface area contributed by atoms with Crippen LogP contribution in [0.4, 0.5) is 5.69 Å². The fourth-order valence-corrected chi connectivity index (χ4v) is 3.14. The van der Waals surface area contributed by atoms with E-state index in [1.807, 2.05) is 38.2 Å². The van der Waals surface area contributed by atoms with E-state index in [4.69, 9.17) is 5.73 Å². The van der Waals surface area contributed by atoms with Gasteiger partial charge >= 0.3 is 0 Å². The average Bonchev–Trinajstić information content (AvgIpc) is 2.93. The third-order valence-corrected chi connectivity index (χ3v) is 5.15. The fraction of sp³-hybridized carbons (Fsp3) is 0.444. The SMILES string of the molecule is CC(C)c1ccc(NC(=O)[C@@H](C)Sc2nnc(CCC(N)=O)n2C)cc1. The first kappa shape index (κ1) is 20.0. The van der Waals surface area contributed by atoms with Gasteiger partial charge in [-0.1, -0.05) is 37.7 Å². The van der Waals surface area contributed by atoms with Crippen molar-refractivity contribution in [1.82, 2.24) is 14.8 Å². The summed E-state index contributed by atoms with van der Waals surface area (Å²) in [4.78, 5) is 23.3. The standard InChI is InChI=1S/C18H25N5O2S/c1-11(2)13-5-7-14(8-6-13)20-17(25)12(3)26-18-22-21-16(23(18)4)10-9-15(19)24/h5-8,11-12H,9-10H2,1-4H3,(H2,19,24)(H,20,25)/t12-/m1/s1. The summed E-state index contributed by atoms with van der Waals surface area (Å²) >= 11 is 1.32. The zero-order valence-electron chi connectivity index (χ0n) is 15.5. The number of thioether (sulfide) groups is 1. The zero-order chi connectivity index (χ0) is 19.3. The molecule has 0 aliphatic heterocycles. The van der Waals surface area contributed by atoms with Crippen molar-refractivity contribution >= 4 is 29.3 Å². The highest BCUT2D eigenvalue weighted by Gasteiger charge is 2.19. The van der Waals surface area contributed by atoms with Gasteiger partial charge in [0, 0.05) is 25.6 Å². The summed E-state index contributed by atoms with van der Waals surface area (Å²) in [6.45, 7) is 6.08. The van der Waals surface area contributed by atoms with E-state index in [9.17, 15) is 9.59 Å². The van der Waals surface area contributed by atoms with Gasteiger partial charge in [0.2, 0.25) is 11.8 Å². The van der Waals surface area contributed by atoms with Gasteiger partial charge in [-0.15, -0.1) is 10.2 Å². The lowest BCUT2D eigenvalue weighted by Gasteiger charge is -2.12. The van der Waals surface area contributed by atoms with Gasteiger partial charge in [-0.3, -0.25) is 9.59 Å². The molecule has 1 atom stereocenters. The van der Waals surface area contributed by atoms with Crippen molar-refractivity contribution in [2.75, 3.05) is 5.32 Å². The molecular formula is C18H25N5O2S. The summed E-state index contributed by atoms with van der Waals surface area (Å²) in [6.07, 6.45) is 0.654. The molecule has 0 spiro atoms. The number of primary amides is 1. The van der Waals surface area contributed by atoms with Crippen molar-refractivity contribution < 1.29 is 9.59 Å². The Morgan fingerprint density at radius 1 is 1.19 bits per heavy atom. The minimum Gasteiger partial charge on any atom is -0.370 e. The molecule has 26 heavy (non-hydrogen) atoms. The van der Waals surface area contributed by atoms with Crippen LogP contribution in [0.5, 0.6) is 0 Å². The Labute approximate surface area is 157 Å². The van der Waals surface area contributed by atoms with Crippen LogP contribution in [0.1, 0.15) is 44.5 Å². The number of nitrogens with zero attached hydrogens (tertiary/aromatic N) is 3. The van der Waals surface area contributed by atoms with Gasteiger partial charge in [-0.05, 0) is 30.5 Å². The van der Waals surface area contributed by atoms with Gasteiger partial charge < -0.3 is 15.6 Å². The van der Waals surface area contributed by atoms with E-state index in [0.717, 1.165) is 5.69 Å². The number of amides is 2. The van der Waals surface area contributed by atoms with Crippen LogP contribution in [-0.2, 0) is 23.1 Å². The maximum atomic E-state index is 12.4. The van der Waals surface area contributed by atoms with Crippen molar-refractivity contribution in [2.45, 2.75) is 49.9 Å². The molecule has 2 aromatic rings. The van der Waals surface area contributed by atoms with Crippen LogP contribution < -0.4 is 11.1 Å². The van der Waals surface area contributed by atoms with E-state index in [0.29, 0.717) is 23.3 Å². The Bertz CT molecular complexity index is 770. The van der Waals surface area contributed by atoms with Gasteiger partial charge in [0.1, 0.15) is 5.82 Å². The summed E-state index contributed by atoms with van der Waals surface area (Å²) in [5, 5.41) is 11.4. The Morgan fingerprint density at radius 2 is 1.85 bits per heavy atom. The van der Waals surface area contributed by atoms with Gasteiger partial charge in [0.05, 0.1) is 5.25 Å². The summed E-state index contributed by atoms with van der Waals surface area (Å²) in [6, 6.07) is 7.86. The molecule has 7 nitrogen and oxygen atoms in total. The Balaban J connectivity index is 1.95. The molecule has 1 aromatic carbocycles. The highest BCUT2D eigenvalue weighted by molar-refractivity contribution is 8.00. The lowest BCUT2D eigenvalue weighted by Crippen LogP contribution is -2.22. The molecule has 0 fully saturated rings. The Morgan fingerprint density at radius 3 is 2.42 bits per heavy atom. The van der Waals surface area contributed by atoms with Crippen molar-refractivity contribution in [3.8, 4) is 0 Å². The second-order valence-electron chi connectivity index (χ2n) is 6.45. The number of carbonyl (C=O) groups excluding carboxylic acids is 2. The van der Waals surface area contributed by atoms with Crippen molar-refractivity contribution in [2.24, 2.45) is 12.8 Å². The Hall–Kier alpha value is -2.35. The second kappa shape index (κ2) is 8.84. The number of nitrogens with one attached hydrogen (secondary N) is 1. The normalized spacial score (nSPS) is 12.2. The van der Waals surface area contributed by atoms with Crippen LogP contribution in [0.15, 0.2) is 29.4 Å². The van der Waals surface area contributed by atoms with E-state index in [1.54, 1.807) is 4.57 Å². The van der Waals surface area contributed by atoms with E-state index >= 15 is 0 Å². The largest absolute Gasteiger partial charge is 0.370 e. The smallest absolute Gasteiger partial charge is 0.237 e. The molecule has 0 radical (unpaired) electrons. The van der Waals surface area contributed by atoms with Crippen LogP contribution in [0.2, 0.25) is 0 Å². The van der Waals surface area contributed by atoms with Crippen LogP contribution in [-0.4, -0.2) is 31.8 Å². The fourth-order valence-electron chi connectivity index (χ4n) is 2.31. The third kappa shape index (κ3) is 5.32. The number of anilines is 1. The van der Waals surface area contributed by atoms with E-state index in [1.165, 1.54) is 17.3 Å². The minimum absolute atomic E-state index is 0.103. The number of aromatic nitrogens is 3. The van der Waals surface area contributed by atoms with Crippen LogP contribution >= 0.6 is 11.8 Å². The maximum Gasteiger partial charge on any atom is 0.237 e. The molecule has 2 amide bonds. The Kier molecular flexibility index (Phi) is 6.79. The molecule has 140 valence electrons. The van der Waals surface area contributed by atoms with Crippen molar-refractivity contribution in [1.29, 1.82) is 0 Å². The number of hydrogen-bond acceptors (Lipinski definition) is 5. The molecule has 2 rings (SSSR count). The first-order valence-corrected chi connectivity index (χ1v) is 9.40. The summed E-state index contributed by atoms with van der Waals surface area (Å²) in [7, 11) is 1.81. The number of hydrogen-bond donors (Lipinski definition) is 2. The van der Waals surface area contributed by atoms with Crippen molar-refractivity contribution in [3.63, 3.8) is 0 Å². The monoisotopic (exact) mass is 375 g/mol. The second-order valence-corrected chi connectivity index (χ2v) is 7.76. The number of aryl methyl sites for hydroxylation is 1. The molecule has 1 heterocycles. The molecule has 0 unspecified atom stereocenters. The molecule has 1 aromatic heterocycles. The third-order valence-electron chi connectivity index (χ3n) is 4.02. The molecule has 0 saturated heterocycles. The molecule has 0 aliphatic rings.